The molecule has 4 nitrogen and oxygen atoms in total. The zero-order valence-electron chi connectivity index (χ0n) is 13.5. The molecule has 0 aliphatic carbocycles. The number of hydrogen-bond donors (Lipinski definition) is 3. The topological polar surface area (TPSA) is 78.5 Å². The number of nitrogens with two attached hydrogens (primary N) is 1. The first-order valence-corrected chi connectivity index (χ1v) is 7.21. The molecule has 0 amide bonds. The Bertz CT molecular complexity index is 825. The minimum Gasteiger partial charge on any atom is -0.398 e. The molecule has 4 heteroatoms. The molecule has 0 saturated carbocycles. The van der Waals surface area contributed by atoms with E-state index in [2.05, 4.69) is 35.3 Å². The fourth-order valence-corrected chi connectivity index (χ4v) is 2.25. The maximum Gasteiger partial charge on any atom is 0.0926 e. The van der Waals surface area contributed by atoms with E-state index in [1.54, 1.807) is 6.92 Å². The second-order valence-corrected chi connectivity index (χ2v) is 5.58. The molecule has 0 spiro atoms. The lowest BCUT2D eigenvalue weighted by atomic mass is 10.1. The molecule has 0 unspecified atom stereocenters. The van der Waals surface area contributed by atoms with Crippen molar-refractivity contribution in [2.45, 2.75) is 27.7 Å². The number of fused-ring (bicyclic) bond motifs is 1. The zero-order valence-corrected chi connectivity index (χ0v) is 13.5. The van der Waals surface area contributed by atoms with Crippen LogP contribution >= 0.6 is 0 Å². The van der Waals surface area contributed by atoms with Crippen LogP contribution in [-0.4, -0.2) is 15.9 Å². The minimum absolute atomic E-state index is 0. The van der Waals surface area contributed by atoms with Crippen molar-refractivity contribution in [3.8, 4) is 0 Å². The molecule has 22 heavy (non-hydrogen) atoms. The van der Waals surface area contributed by atoms with Gasteiger partial charge in [0.2, 0.25) is 0 Å². The van der Waals surface area contributed by atoms with Gasteiger partial charge in [-0.25, -0.2) is 0 Å². The van der Waals surface area contributed by atoms with Crippen LogP contribution in [0.15, 0.2) is 36.4 Å². The van der Waals surface area contributed by atoms with Crippen LogP contribution in [0.3, 0.4) is 0 Å². The Hall–Kier alpha value is -2.62. The van der Waals surface area contributed by atoms with E-state index in [1.165, 1.54) is 10.9 Å². The van der Waals surface area contributed by atoms with Gasteiger partial charge in [-0.05, 0) is 51.5 Å². The molecule has 0 saturated heterocycles. The van der Waals surface area contributed by atoms with E-state index in [0.717, 1.165) is 22.3 Å². The van der Waals surface area contributed by atoms with Crippen molar-refractivity contribution in [1.29, 1.82) is 5.41 Å². The number of nitrogens with zero attached hydrogens (tertiary/aromatic N) is 1. The summed E-state index contributed by atoms with van der Waals surface area (Å²) >= 11 is 0. The number of rotatable bonds is 1. The SMILES string of the molecule is CC(=N)c1cc(C)ccc1N.Cc1ccc2c(C)[nH]nc2c1.[HH].[HH]. The van der Waals surface area contributed by atoms with E-state index < -0.39 is 0 Å². The number of H-pyrrole nitrogens is 1. The van der Waals surface area contributed by atoms with Gasteiger partial charge in [-0.15, -0.1) is 0 Å². The molecule has 0 bridgehead atoms. The number of aromatic nitrogens is 2. The maximum atomic E-state index is 7.39. The first-order chi connectivity index (χ1) is 10.4. The summed E-state index contributed by atoms with van der Waals surface area (Å²) in [5.41, 5.74) is 12.3. The maximum absolute atomic E-state index is 7.39. The lowest BCUT2D eigenvalue weighted by molar-refractivity contribution is 1.07. The Morgan fingerprint density at radius 2 is 1.73 bits per heavy atom. The lowest BCUT2D eigenvalue weighted by Gasteiger charge is -2.03. The van der Waals surface area contributed by atoms with Gasteiger partial charge in [-0.3, -0.25) is 5.10 Å². The molecule has 2 aromatic carbocycles. The highest BCUT2D eigenvalue weighted by Crippen LogP contribution is 2.15. The standard InChI is InChI=1S/C9H10N2.C9H12N2.2H2/c1-6-3-4-8-7(2)10-11-9(8)5-6;1-6-3-4-9(11)8(5-6)7(2)10;;/h3-5H,1-2H3,(H,10,11);3-5,10H,11H2,1-2H3;2*1H. The van der Waals surface area contributed by atoms with Crippen molar-refractivity contribution in [2.75, 3.05) is 5.73 Å². The fraction of sp³-hybridized carbons (Fsp3) is 0.222. The third kappa shape index (κ3) is 3.52. The Kier molecular flexibility index (Phi) is 4.61. The number of benzene rings is 2. The van der Waals surface area contributed by atoms with Crippen LogP contribution in [0, 0.1) is 26.2 Å². The normalized spacial score (nSPS) is 10.2. The average molecular weight is 298 g/mol. The Balaban J connectivity index is 0.000000407. The molecular weight excluding hydrogens is 272 g/mol. The molecule has 0 fully saturated rings. The highest BCUT2D eigenvalue weighted by Gasteiger charge is 2.00. The van der Waals surface area contributed by atoms with Crippen molar-refractivity contribution < 1.29 is 2.85 Å². The van der Waals surface area contributed by atoms with Gasteiger partial charge in [-0.2, -0.15) is 5.10 Å². The van der Waals surface area contributed by atoms with Gasteiger partial charge >= 0.3 is 0 Å². The monoisotopic (exact) mass is 298 g/mol. The molecule has 4 N–H and O–H groups in total. The van der Waals surface area contributed by atoms with E-state index in [-0.39, 0.29) is 2.85 Å². The first-order valence-electron chi connectivity index (χ1n) is 7.21. The van der Waals surface area contributed by atoms with Crippen LogP contribution in [0.25, 0.3) is 10.9 Å². The van der Waals surface area contributed by atoms with E-state index in [1.807, 2.05) is 32.0 Å². The molecule has 1 aromatic heterocycles. The third-order valence-electron chi connectivity index (χ3n) is 3.51. The van der Waals surface area contributed by atoms with Crippen LogP contribution in [-0.2, 0) is 0 Å². The minimum atomic E-state index is 0. The predicted molar refractivity (Wildman–Crippen MR) is 97.9 cm³/mol. The van der Waals surface area contributed by atoms with Crippen LogP contribution in [0.1, 0.15) is 32.2 Å². The third-order valence-corrected chi connectivity index (χ3v) is 3.51. The van der Waals surface area contributed by atoms with Crippen LogP contribution < -0.4 is 5.73 Å². The van der Waals surface area contributed by atoms with Gasteiger partial charge in [0.1, 0.15) is 0 Å². The summed E-state index contributed by atoms with van der Waals surface area (Å²) in [5.74, 6) is 0. The first kappa shape index (κ1) is 15.8. The fourth-order valence-electron chi connectivity index (χ4n) is 2.25. The Morgan fingerprint density at radius 3 is 2.36 bits per heavy atom. The highest BCUT2D eigenvalue weighted by atomic mass is 15.1. The summed E-state index contributed by atoms with van der Waals surface area (Å²) in [4.78, 5) is 0. The number of aromatic amines is 1. The van der Waals surface area contributed by atoms with E-state index in [9.17, 15) is 0 Å². The van der Waals surface area contributed by atoms with Crippen LogP contribution in [0.5, 0.6) is 0 Å². The summed E-state index contributed by atoms with van der Waals surface area (Å²) in [5, 5.41) is 15.7. The molecule has 0 aliphatic heterocycles. The van der Waals surface area contributed by atoms with Crippen LogP contribution in [0.2, 0.25) is 0 Å². The van der Waals surface area contributed by atoms with E-state index in [4.69, 9.17) is 11.1 Å². The number of anilines is 1. The summed E-state index contributed by atoms with van der Waals surface area (Å²) in [6.07, 6.45) is 0. The van der Waals surface area contributed by atoms with Crippen molar-refractivity contribution >= 4 is 22.3 Å². The van der Waals surface area contributed by atoms with Crippen LogP contribution in [0.4, 0.5) is 5.69 Å². The Labute approximate surface area is 133 Å². The molecular formula is C18H26N4. The van der Waals surface area contributed by atoms with Gasteiger partial charge in [0.25, 0.3) is 0 Å². The predicted octanol–water partition coefficient (Wildman–Crippen LogP) is 4.64. The highest BCUT2D eigenvalue weighted by molar-refractivity contribution is 6.01. The summed E-state index contributed by atoms with van der Waals surface area (Å²) < 4.78 is 0. The van der Waals surface area contributed by atoms with E-state index in [0.29, 0.717) is 11.4 Å². The van der Waals surface area contributed by atoms with Crippen molar-refractivity contribution in [3.05, 3.63) is 58.8 Å². The molecule has 3 aromatic rings. The quantitative estimate of drug-likeness (QED) is 0.452. The van der Waals surface area contributed by atoms with Gasteiger partial charge in [0, 0.05) is 30.9 Å². The van der Waals surface area contributed by atoms with Crippen molar-refractivity contribution in [1.82, 2.24) is 10.2 Å². The lowest BCUT2D eigenvalue weighted by Crippen LogP contribution is -1.99. The van der Waals surface area contributed by atoms with Gasteiger partial charge in [-0.1, -0.05) is 23.8 Å². The smallest absolute Gasteiger partial charge is 0.0926 e. The van der Waals surface area contributed by atoms with Gasteiger partial charge < -0.3 is 11.1 Å². The number of aryl methyl sites for hydroxylation is 3. The summed E-state index contributed by atoms with van der Waals surface area (Å²) in [6, 6.07) is 12.0. The van der Waals surface area contributed by atoms with Crippen molar-refractivity contribution in [3.63, 3.8) is 0 Å². The summed E-state index contributed by atoms with van der Waals surface area (Å²) in [7, 11) is 0. The molecule has 0 aliphatic rings. The number of nitrogen functional groups attached to an aromatic ring is 1. The van der Waals surface area contributed by atoms with E-state index >= 15 is 0 Å². The molecule has 118 valence electrons. The molecule has 0 atom stereocenters. The van der Waals surface area contributed by atoms with Gasteiger partial charge in [0.15, 0.2) is 0 Å². The van der Waals surface area contributed by atoms with Crippen molar-refractivity contribution in [2.24, 2.45) is 0 Å². The largest absolute Gasteiger partial charge is 0.398 e. The molecule has 1 heterocycles. The average Bonchev–Trinajstić information content (AvgIpc) is 2.83. The molecule has 3 rings (SSSR count). The zero-order chi connectivity index (χ0) is 16.3. The molecule has 0 radical (unpaired) electrons. The Morgan fingerprint density at radius 1 is 1.09 bits per heavy atom. The number of nitrogens with one attached hydrogen (secondary N) is 2. The second kappa shape index (κ2) is 6.43. The second-order valence-electron chi connectivity index (χ2n) is 5.58. The number of hydrogen-bond acceptors (Lipinski definition) is 3. The summed E-state index contributed by atoms with van der Waals surface area (Å²) in [6.45, 7) is 7.84. The van der Waals surface area contributed by atoms with Gasteiger partial charge in [0.05, 0.1) is 5.52 Å².